The van der Waals surface area contributed by atoms with Gasteiger partial charge in [-0.2, -0.15) is 0 Å². The monoisotopic (exact) mass is 238 g/mol. The fourth-order valence-corrected chi connectivity index (χ4v) is 2.23. The third-order valence-electron chi connectivity index (χ3n) is 3.16. The van der Waals surface area contributed by atoms with Crippen molar-refractivity contribution < 1.29 is 9.13 Å². The number of aromatic nitrogens is 1. The molecule has 1 aliphatic heterocycles. The van der Waals surface area contributed by atoms with Gasteiger partial charge in [-0.25, -0.2) is 4.39 Å². The van der Waals surface area contributed by atoms with Crippen molar-refractivity contribution in [3.05, 3.63) is 29.8 Å². The Morgan fingerprint density at radius 1 is 1.53 bits per heavy atom. The van der Waals surface area contributed by atoms with Crippen LogP contribution in [-0.2, 0) is 4.74 Å². The lowest BCUT2D eigenvalue weighted by Gasteiger charge is -2.30. The zero-order valence-corrected chi connectivity index (χ0v) is 10.3. The molecule has 4 heteroatoms. The fourth-order valence-electron chi connectivity index (χ4n) is 2.23. The van der Waals surface area contributed by atoms with Gasteiger partial charge in [-0.05, 0) is 38.8 Å². The second-order valence-corrected chi connectivity index (χ2v) is 4.69. The van der Waals surface area contributed by atoms with Gasteiger partial charge >= 0.3 is 0 Å². The number of ether oxygens (including phenoxy) is 1. The van der Waals surface area contributed by atoms with Crippen LogP contribution in [0.15, 0.2) is 18.3 Å². The lowest BCUT2D eigenvalue weighted by Crippen LogP contribution is -2.39. The molecule has 94 valence electrons. The van der Waals surface area contributed by atoms with E-state index in [1.54, 1.807) is 6.07 Å². The van der Waals surface area contributed by atoms with E-state index in [4.69, 9.17) is 4.74 Å². The van der Waals surface area contributed by atoms with Crippen molar-refractivity contribution in [3.8, 4) is 0 Å². The minimum atomic E-state index is -0.291. The van der Waals surface area contributed by atoms with E-state index in [1.165, 1.54) is 12.3 Å². The van der Waals surface area contributed by atoms with Crippen LogP contribution in [0.25, 0.3) is 0 Å². The van der Waals surface area contributed by atoms with Crippen molar-refractivity contribution in [2.24, 2.45) is 0 Å². The number of nitrogens with one attached hydrogen (secondary N) is 1. The van der Waals surface area contributed by atoms with Gasteiger partial charge in [0.15, 0.2) is 0 Å². The maximum Gasteiger partial charge on any atom is 0.141 e. The van der Waals surface area contributed by atoms with Crippen molar-refractivity contribution in [1.82, 2.24) is 10.3 Å². The molecule has 0 aliphatic carbocycles. The van der Waals surface area contributed by atoms with Gasteiger partial charge in [-0.1, -0.05) is 0 Å². The molecule has 3 nitrogen and oxygen atoms in total. The highest BCUT2D eigenvalue weighted by Gasteiger charge is 2.21. The molecule has 0 radical (unpaired) electrons. The SMILES string of the molecule is CC1CC(NC(C)c2ccc(F)cn2)CCO1. The van der Waals surface area contributed by atoms with Crippen molar-refractivity contribution in [3.63, 3.8) is 0 Å². The van der Waals surface area contributed by atoms with Crippen LogP contribution in [0.4, 0.5) is 4.39 Å². The number of hydrogen-bond acceptors (Lipinski definition) is 3. The average Bonchev–Trinajstić information content (AvgIpc) is 2.29. The van der Waals surface area contributed by atoms with E-state index < -0.39 is 0 Å². The Hall–Kier alpha value is -1.00. The van der Waals surface area contributed by atoms with Crippen LogP contribution in [-0.4, -0.2) is 23.7 Å². The summed E-state index contributed by atoms with van der Waals surface area (Å²) in [7, 11) is 0. The van der Waals surface area contributed by atoms with E-state index in [2.05, 4.69) is 24.1 Å². The number of halogens is 1. The molecule has 1 fully saturated rings. The lowest BCUT2D eigenvalue weighted by atomic mass is 10.0. The van der Waals surface area contributed by atoms with E-state index in [1.807, 2.05) is 0 Å². The highest BCUT2D eigenvalue weighted by molar-refractivity contribution is 5.09. The zero-order valence-electron chi connectivity index (χ0n) is 10.3. The lowest BCUT2D eigenvalue weighted by molar-refractivity contribution is 0.0115. The summed E-state index contributed by atoms with van der Waals surface area (Å²) >= 11 is 0. The van der Waals surface area contributed by atoms with Crippen molar-refractivity contribution in [2.75, 3.05) is 6.61 Å². The van der Waals surface area contributed by atoms with Crippen LogP contribution in [0.1, 0.15) is 38.4 Å². The zero-order chi connectivity index (χ0) is 12.3. The Kier molecular flexibility index (Phi) is 4.07. The molecular weight excluding hydrogens is 219 g/mol. The van der Waals surface area contributed by atoms with Crippen molar-refractivity contribution in [2.45, 2.75) is 44.9 Å². The topological polar surface area (TPSA) is 34.2 Å². The maximum absolute atomic E-state index is 12.8. The first-order chi connectivity index (χ1) is 8.15. The van der Waals surface area contributed by atoms with Gasteiger partial charge < -0.3 is 10.1 Å². The summed E-state index contributed by atoms with van der Waals surface area (Å²) in [5.74, 6) is -0.291. The molecule has 1 saturated heterocycles. The van der Waals surface area contributed by atoms with E-state index in [0.29, 0.717) is 12.1 Å². The molecule has 1 aliphatic rings. The largest absolute Gasteiger partial charge is 0.378 e. The van der Waals surface area contributed by atoms with Crippen molar-refractivity contribution in [1.29, 1.82) is 0 Å². The molecular formula is C13H19FN2O. The first kappa shape index (κ1) is 12.5. The van der Waals surface area contributed by atoms with Gasteiger partial charge in [0.1, 0.15) is 5.82 Å². The Bertz CT molecular complexity index is 355. The Labute approximate surface area is 101 Å². The first-order valence-corrected chi connectivity index (χ1v) is 6.14. The summed E-state index contributed by atoms with van der Waals surface area (Å²) in [6.07, 6.45) is 3.62. The molecule has 0 aromatic carbocycles. The average molecular weight is 238 g/mol. The Morgan fingerprint density at radius 2 is 2.35 bits per heavy atom. The quantitative estimate of drug-likeness (QED) is 0.878. The van der Waals surface area contributed by atoms with Gasteiger partial charge in [-0.15, -0.1) is 0 Å². The molecule has 0 spiro atoms. The van der Waals surface area contributed by atoms with E-state index >= 15 is 0 Å². The van der Waals surface area contributed by atoms with E-state index in [-0.39, 0.29) is 11.9 Å². The molecule has 0 bridgehead atoms. The first-order valence-electron chi connectivity index (χ1n) is 6.14. The van der Waals surface area contributed by atoms with Crippen LogP contribution < -0.4 is 5.32 Å². The Balaban J connectivity index is 1.91. The van der Waals surface area contributed by atoms with Crippen molar-refractivity contribution >= 4 is 0 Å². The van der Waals surface area contributed by atoms with Gasteiger partial charge in [0, 0.05) is 18.7 Å². The van der Waals surface area contributed by atoms with Crippen LogP contribution >= 0.6 is 0 Å². The molecule has 0 saturated carbocycles. The number of pyridine rings is 1. The Morgan fingerprint density at radius 3 is 3.00 bits per heavy atom. The van der Waals surface area contributed by atoms with Crippen LogP contribution in [0.3, 0.4) is 0 Å². The van der Waals surface area contributed by atoms with Crippen LogP contribution in [0.5, 0.6) is 0 Å². The molecule has 3 atom stereocenters. The summed E-state index contributed by atoms with van der Waals surface area (Å²) in [6.45, 7) is 4.96. The minimum absolute atomic E-state index is 0.144. The highest BCUT2D eigenvalue weighted by Crippen LogP contribution is 2.17. The number of nitrogens with zero attached hydrogens (tertiary/aromatic N) is 1. The molecule has 1 aromatic rings. The van der Waals surface area contributed by atoms with Crippen LogP contribution in [0.2, 0.25) is 0 Å². The van der Waals surface area contributed by atoms with Gasteiger partial charge in [0.05, 0.1) is 18.0 Å². The fraction of sp³-hybridized carbons (Fsp3) is 0.615. The third-order valence-corrected chi connectivity index (χ3v) is 3.16. The second kappa shape index (κ2) is 5.56. The highest BCUT2D eigenvalue weighted by atomic mass is 19.1. The third kappa shape index (κ3) is 3.48. The van der Waals surface area contributed by atoms with Crippen LogP contribution in [0, 0.1) is 5.82 Å². The minimum Gasteiger partial charge on any atom is -0.378 e. The van der Waals surface area contributed by atoms with Gasteiger partial charge in [0.25, 0.3) is 0 Å². The molecule has 2 heterocycles. The predicted molar refractivity (Wildman–Crippen MR) is 64.2 cm³/mol. The second-order valence-electron chi connectivity index (χ2n) is 4.69. The van der Waals surface area contributed by atoms with E-state index in [9.17, 15) is 4.39 Å². The molecule has 2 rings (SSSR count). The number of rotatable bonds is 3. The normalized spacial score (nSPS) is 26.8. The van der Waals surface area contributed by atoms with Gasteiger partial charge in [0.2, 0.25) is 0 Å². The molecule has 3 unspecified atom stereocenters. The molecule has 0 amide bonds. The standard InChI is InChI=1S/C13H19FN2O/c1-9-7-12(5-6-17-9)16-10(2)13-4-3-11(14)8-15-13/h3-4,8-10,12,16H,5-7H2,1-2H3. The summed E-state index contributed by atoms with van der Waals surface area (Å²) in [4.78, 5) is 4.09. The number of hydrogen-bond donors (Lipinski definition) is 1. The molecule has 17 heavy (non-hydrogen) atoms. The summed E-state index contributed by atoms with van der Waals surface area (Å²) in [5, 5.41) is 3.52. The predicted octanol–water partition coefficient (Wildman–Crippen LogP) is 2.44. The summed E-state index contributed by atoms with van der Waals surface area (Å²) in [5.41, 5.74) is 0.880. The molecule has 1 N–H and O–H groups in total. The summed E-state index contributed by atoms with van der Waals surface area (Å²) in [6, 6.07) is 3.79. The summed E-state index contributed by atoms with van der Waals surface area (Å²) < 4.78 is 18.3. The van der Waals surface area contributed by atoms with E-state index in [0.717, 1.165) is 25.1 Å². The molecule has 1 aromatic heterocycles. The maximum atomic E-state index is 12.8. The van der Waals surface area contributed by atoms with Gasteiger partial charge in [-0.3, -0.25) is 4.98 Å². The smallest absolute Gasteiger partial charge is 0.141 e.